The molecule has 4 rings (SSSR count). The molecule has 0 aliphatic rings. The highest BCUT2D eigenvalue weighted by Gasteiger charge is 2.19. The first-order chi connectivity index (χ1) is 14.9. The van der Waals surface area contributed by atoms with Gasteiger partial charge in [-0.1, -0.05) is 54.1 Å². The largest absolute Gasteiger partial charge is 0.453 e. The molecule has 5 nitrogen and oxygen atoms in total. The highest BCUT2D eigenvalue weighted by Crippen LogP contribution is 2.22. The van der Waals surface area contributed by atoms with Crippen LogP contribution in [-0.4, -0.2) is 27.9 Å². The van der Waals surface area contributed by atoms with Crippen LogP contribution in [0, 0.1) is 13.8 Å². The lowest BCUT2D eigenvalue weighted by molar-refractivity contribution is 0.0469. The molecule has 31 heavy (non-hydrogen) atoms. The Labute approximate surface area is 185 Å². The lowest BCUT2D eigenvalue weighted by Crippen LogP contribution is -2.16. The van der Waals surface area contributed by atoms with Gasteiger partial charge >= 0.3 is 5.97 Å². The Bertz CT molecular complexity index is 1290. The molecule has 0 saturated carbocycles. The molecule has 0 unspecified atom stereocenters. The highest BCUT2D eigenvalue weighted by molar-refractivity contribution is 6.31. The van der Waals surface area contributed by atoms with Crippen molar-refractivity contribution in [1.82, 2.24) is 9.55 Å². The molecular formula is C25H21ClN2O3. The van der Waals surface area contributed by atoms with Gasteiger partial charge in [0.15, 0.2) is 6.61 Å². The van der Waals surface area contributed by atoms with Crippen LogP contribution in [0.5, 0.6) is 0 Å². The van der Waals surface area contributed by atoms with Gasteiger partial charge in [-0.2, -0.15) is 0 Å². The second-order valence-corrected chi connectivity index (χ2v) is 7.76. The van der Waals surface area contributed by atoms with E-state index < -0.39 is 5.97 Å². The van der Waals surface area contributed by atoms with Gasteiger partial charge in [0.05, 0.1) is 5.52 Å². The molecule has 0 N–H and O–H groups in total. The van der Waals surface area contributed by atoms with Gasteiger partial charge in [0.1, 0.15) is 5.69 Å². The number of ketones is 1. The molecule has 0 fully saturated rings. The van der Waals surface area contributed by atoms with E-state index in [0.29, 0.717) is 22.6 Å². The van der Waals surface area contributed by atoms with Gasteiger partial charge in [-0.15, -0.1) is 0 Å². The molecule has 0 aliphatic carbocycles. The van der Waals surface area contributed by atoms with E-state index in [1.54, 1.807) is 6.07 Å². The van der Waals surface area contributed by atoms with E-state index >= 15 is 0 Å². The standard InChI is InChI=1S/C25H21ClN2O3/c1-16-13-20(17(2)28(16)14-19-8-3-5-9-21(19)26)24(29)15-31-25(30)23-12-11-18-7-4-6-10-22(18)27-23/h3-13H,14-15H2,1-2H3. The third kappa shape index (κ3) is 4.37. The molecule has 0 spiro atoms. The Kier molecular flexibility index (Phi) is 5.87. The number of esters is 1. The Morgan fingerprint density at radius 3 is 2.55 bits per heavy atom. The third-order valence-electron chi connectivity index (χ3n) is 5.30. The minimum absolute atomic E-state index is 0.177. The first-order valence-electron chi connectivity index (χ1n) is 9.90. The maximum Gasteiger partial charge on any atom is 0.357 e. The molecule has 0 aliphatic heterocycles. The molecule has 6 heteroatoms. The van der Waals surface area contributed by atoms with E-state index in [1.165, 1.54) is 0 Å². The molecule has 2 heterocycles. The van der Waals surface area contributed by atoms with Crippen molar-refractivity contribution in [3.8, 4) is 0 Å². The summed E-state index contributed by atoms with van der Waals surface area (Å²) in [5.74, 6) is -0.878. The zero-order chi connectivity index (χ0) is 22.0. The van der Waals surface area contributed by atoms with Crippen LogP contribution in [0.25, 0.3) is 10.9 Å². The van der Waals surface area contributed by atoms with Gasteiger partial charge in [0.2, 0.25) is 5.78 Å². The number of ether oxygens (including phenoxy) is 1. The Morgan fingerprint density at radius 2 is 1.74 bits per heavy atom. The molecule has 2 aromatic heterocycles. The SMILES string of the molecule is Cc1cc(C(=O)COC(=O)c2ccc3ccccc3n2)c(C)n1Cc1ccccc1Cl. The highest BCUT2D eigenvalue weighted by atomic mass is 35.5. The molecule has 0 radical (unpaired) electrons. The third-order valence-corrected chi connectivity index (χ3v) is 5.67. The van der Waals surface area contributed by atoms with Crippen molar-refractivity contribution < 1.29 is 14.3 Å². The molecule has 0 bridgehead atoms. The summed E-state index contributed by atoms with van der Waals surface area (Å²) < 4.78 is 7.28. The van der Waals surface area contributed by atoms with Crippen molar-refractivity contribution in [3.05, 3.63) is 100.0 Å². The zero-order valence-corrected chi connectivity index (χ0v) is 18.0. The number of hydrogen-bond acceptors (Lipinski definition) is 4. The maximum atomic E-state index is 12.8. The summed E-state index contributed by atoms with van der Waals surface area (Å²) in [7, 11) is 0. The van der Waals surface area contributed by atoms with Crippen LogP contribution in [-0.2, 0) is 11.3 Å². The average molecular weight is 433 g/mol. The van der Waals surface area contributed by atoms with E-state index in [1.807, 2.05) is 79.1 Å². The number of aryl methyl sites for hydroxylation is 1. The van der Waals surface area contributed by atoms with Crippen molar-refractivity contribution in [2.45, 2.75) is 20.4 Å². The van der Waals surface area contributed by atoms with E-state index in [9.17, 15) is 9.59 Å². The fourth-order valence-electron chi connectivity index (χ4n) is 3.59. The maximum absolute atomic E-state index is 12.8. The quantitative estimate of drug-likeness (QED) is 0.302. The number of halogens is 1. The summed E-state index contributed by atoms with van der Waals surface area (Å²) in [5, 5.41) is 1.61. The normalized spacial score (nSPS) is 10.9. The molecule has 4 aromatic rings. The number of hydrogen-bond donors (Lipinski definition) is 0. The first kappa shape index (κ1) is 20.8. The Morgan fingerprint density at radius 1 is 1.00 bits per heavy atom. The molecule has 0 atom stereocenters. The predicted molar refractivity (Wildman–Crippen MR) is 121 cm³/mol. The van der Waals surface area contributed by atoms with E-state index in [4.69, 9.17) is 16.3 Å². The van der Waals surface area contributed by atoms with Crippen molar-refractivity contribution in [2.24, 2.45) is 0 Å². The van der Waals surface area contributed by atoms with Crippen LogP contribution in [0.3, 0.4) is 0 Å². The van der Waals surface area contributed by atoms with Crippen LogP contribution >= 0.6 is 11.6 Å². The number of para-hydroxylation sites is 1. The van der Waals surface area contributed by atoms with Crippen LogP contribution in [0.4, 0.5) is 0 Å². The summed E-state index contributed by atoms with van der Waals surface area (Å²) in [6.07, 6.45) is 0. The van der Waals surface area contributed by atoms with Crippen LogP contribution < -0.4 is 0 Å². The second-order valence-electron chi connectivity index (χ2n) is 7.35. The van der Waals surface area contributed by atoms with E-state index in [-0.39, 0.29) is 18.1 Å². The Balaban J connectivity index is 1.47. The minimum atomic E-state index is -0.621. The van der Waals surface area contributed by atoms with Crippen molar-refractivity contribution in [3.63, 3.8) is 0 Å². The second kappa shape index (κ2) is 8.74. The van der Waals surface area contributed by atoms with E-state index in [0.717, 1.165) is 22.3 Å². The van der Waals surface area contributed by atoms with Gasteiger partial charge < -0.3 is 9.30 Å². The molecular weight excluding hydrogens is 412 g/mol. The van der Waals surface area contributed by atoms with Gasteiger partial charge in [-0.3, -0.25) is 4.79 Å². The zero-order valence-electron chi connectivity index (χ0n) is 17.3. The molecule has 0 amide bonds. The number of pyridine rings is 1. The first-order valence-corrected chi connectivity index (χ1v) is 10.3. The lowest BCUT2D eigenvalue weighted by atomic mass is 10.1. The van der Waals surface area contributed by atoms with Gasteiger partial charge in [-0.25, -0.2) is 9.78 Å². The fourth-order valence-corrected chi connectivity index (χ4v) is 3.78. The monoisotopic (exact) mass is 432 g/mol. The Hall–Kier alpha value is -3.44. The topological polar surface area (TPSA) is 61.2 Å². The lowest BCUT2D eigenvalue weighted by Gasteiger charge is -2.11. The number of aromatic nitrogens is 2. The number of fused-ring (bicyclic) bond motifs is 1. The van der Waals surface area contributed by atoms with Crippen molar-refractivity contribution in [1.29, 1.82) is 0 Å². The van der Waals surface area contributed by atoms with Crippen LogP contribution in [0.15, 0.2) is 66.7 Å². The van der Waals surface area contributed by atoms with Crippen molar-refractivity contribution >= 4 is 34.3 Å². The predicted octanol–water partition coefficient (Wildman–Crippen LogP) is 5.39. The van der Waals surface area contributed by atoms with Gasteiger partial charge in [0.25, 0.3) is 0 Å². The minimum Gasteiger partial charge on any atom is -0.453 e. The van der Waals surface area contributed by atoms with Gasteiger partial charge in [0, 0.05) is 33.9 Å². The average Bonchev–Trinajstić information content (AvgIpc) is 3.06. The van der Waals surface area contributed by atoms with Crippen molar-refractivity contribution in [2.75, 3.05) is 6.61 Å². The summed E-state index contributed by atoms with van der Waals surface area (Å²) in [6.45, 7) is 4.03. The fraction of sp³-hybridized carbons (Fsp3) is 0.160. The molecule has 0 saturated heterocycles. The molecule has 156 valence electrons. The number of carbonyl (C=O) groups excluding carboxylic acids is 2. The summed E-state index contributed by atoms with van der Waals surface area (Å²) in [6, 6.07) is 20.3. The molecule has 2 aromatic carbocycles. The summed E-state index contributed by atoms with van der Waals surface area (Å²) >= 11 is 6.28. The smallest absolute Gasteiger partial charge is 0.357 e. The van der Waals surface area contributed by atoms with Crippen LogP contribution in [0.2, 0.25) is 5.02 Å². The van der Waals surface area contributed by atoms with E-state index in [2.05, 4.69) is 4.98 Å². The number of rotatable bonds is 6. The van der Waals surface area contributed by atoms with Crippen LogP contribution in [0.1, 0.15) is 37.8 Å². The number of nitrogens with zero attached hydrogens (tertiary/aromatic N) is 2. The van der Waals surface area contributed by atoms with Gasteiger partial charge in [-0.05, 0) is 43.7 Å². The summed E-state index contributed by atoms with van der Waals surface area (Å²) in [4.78, 5) is 29.5. The number of benzene rings is 2. The number of Topliss-reactive ketones (excluding diaryl/α,β-unsaturated/α-hetero) is 1. The number of carbonyl (C=O) groups is 2. The summed E-state index contributed by atoms with van der Waals surface area (Å²) in [5.41, 5.74) is 4.12.